The lowest BCUT2D eigenvalue weighted by Crippen LogP contribution is -2.48. The highest BCUT2D eigenvalue weighted by Crippen LogP contribution is 2.50. The van der Waals surface area contributed by atoms with Crippen LogP contribution in [-0.4, -0.2) is 23.2 Å². The topological polar surface area (TPSA) is 55.4 Å². The van der Waals surface area contributed by atoms with Crippen molar-refractivity contribution in [3.63, 3.8) is 0 Å². The molecule has 0 aromatic heterocycles. The van der Waals surface area contributed by atoms with E-state index in [-0.39, 0.29) is 23.6 Å². The lowest BCUT2D eigenvalue weighted by atomic mass is 9.87. The molecule has 2 fully saturated rings. The Labute approximate surface area is 145 Å². The highest BCUT2D eigenvalue weighted by Gasteiger charge is 2.47. The van der Waals surface area contributed by atoms with Gasteiger partial charge >= 0.3 is 6.09 Å². The molecule has 1 aromatic rings. The van der Waals surface area contributed by atoms with Crippen LogP contribution in [0.25, 0.3) is 0 Å². The lowest BCUT2D eigenvalue weighted by molar-refractivity contribution is -0.120. The van der Waals surface area contributed by atoms with Crippen LogP contribution in [-0.2, 0) is 16.1 Å². The van der Waals surface area contributed by atoms with Gasteiger partial charge in [0.15, 0.2) is 5.78 Å². The van der Waals surface area contributed by atoms with Crippen molar-refractivity contribution in [2.75, 3.05) is 5.33 Å². The molecule has 2 saturated carbocycles. The Morgan fingerprint density at radius 1 is 1.13 bits per heavy atom. The molecular weight excluding hydrogens is 358 g/mol. The van der Waals surface area contributed by atoms with E-state index < -0.39 is 12.1 Å². The molecule has 1 amide bonds. The molecule has 0 bridgehead atoms. The highest BCUT2D eigenvalue weighted by atomic mass is 79.9. The number of alkyl carbamates (subject to hydrolysis) is 1. The van der Waals surface area contributed by atoms with Crippen molar-refractivity contribution in [2.24, 2.45) is 17.8 Å². The molecule has 1 aromatic carbocycles. The first-order valence-corrected chi connectivity index (χ1v) is 9.37. The van der Waals surface area contributed by atoms with Crippen LogP contribution in [0, 0.1) is 17.8 Å². The number of alkyl halides is 1. The van der Waals surface area contributed by atoms with Crippen LogP contribution < -0.4 is 5.32 Å². The number of ether oxygens (including phenoxy) is 1. The maximum Gasteiger partial charge on any atom is 0.408 e. The molecule has 1 atom stereocenters. The van der Waals surface area contributed by atoms with Crippen LogP contribution in [0.4, 0.5) is 4.79 Å². The normalized spacial score (nSPS) is 18.5. The molecule has 0 spiro atoms. The van der Waals surface area contributed by atoms with Crippen LogP contribution in [0.1, 0.15) is 31.2 Å². The van der Waals surface area contributed by atoms with Gasteiger partial charge in [0.2, 0.25) is 0 Å². The van der Waals surface area contributed by atoms with Gasteiger partial charge in [0.25, 0.3) is 0 Å². The third kappa shape index (κ3) is 4.56. The van der Waals surface area contributed by atoms with Crippen molar-refractivity contribution >= 4 is 27.8 Å². The summed E-state index contributed by atoms with van der Waals surface area (Å²) in [6, 6.07) is 9.13. The standard InChI is InChI=1S/C18H22BrNO3/c19-10-15(21)17(16(13-6-7-13)14-8-9-14)20-18(22)23-11-12-4-2-1-3-5-12/h1-5,13-14,16-17H,6-11H2,(H,20,22). The smallest absolute Gasteiger partial charge is 0.408 e. The molecule has 0 heterocycles. The number of hydrogen-bond donors (Lipinski definition) is 1. The summed E-state index contributed by atoms with van der Waals surface area (Å²) in [5, 5.41) is 3.11. The maximum absolute atomic E-state index is 12.3. The monoisotopic (exact) mass is 379 g/mol. The van der Waals surface area contributed by atoms with Crippen LogP contribution in [0.15, 0.2) is 30.3 Å². The van der Waals surface area contributed by atoms with Crippen LogP contribution in [0.3, 0.4) is 0 Å². The summed E-state index contributed by atoms with van der Waals surface area (Å²) >= 11 is 3.25. The van der Waals surface area contributed by atoms with Crippen molar-refractivity contribution in [1.29, 1.82) is 0 Å². The minimum absolute atomic E-state index is 0.0467. The quantitative estimate of drug-likeness (QED) is 0.700. The summed E-state index contributed by atoms with van der Waals surface area (Å²) in [5.74, 6) is 1.50. The van der Waals surface area contributed by atoms with Gasteiger partial charge in [0.05, 0.1) is 11.4 Å². The number of rotatable bonds is 8. The molecule has 1 unspecified atom stereocenters. The number of benzene rings is 1. The van der Waals surface area contributed by atoms with E-state index in [4.69, 9.17) is 4.74 Å². The van der Waals surface area contributed by atoms with Gasteiger partial charge in [-0.25, -0.2) is 4.79 Å². The second-order valence-corrected chi connectivity index (χ2v) is 7.10. The van der Waals surface area contributed by atoms with Gasteiger partial charge in [-0.15, -0.1) is 0 Å². The molecule has 4 nitrogen and oxygen atoms in total. The molecular formula is C18H22BrNO3. The number of Topliss-reactive ketones (excluding diaryl/α,β-unsaturated/α-hetero) is 1. The summed E-state index contributed by atoms with van der Waals surface area (Å²) in [6.07, 6.45) is 4.20. The van der Waals surface area contributed by atoms with Gasteiger partial charge in [0, 0.05) is 0 Å². The average molecular weight is 380 g/mol. The van der Waals surface area contributed by atoms with Gasteiger partial charge < -0.3 is 10.1 Å². The molecule has 124 valence electrons. The van der Waals surface area contributed by atoms with Crippen molar-refractivity contribution in [2.45, 2.75) is 38.3 Å². The third-order valence-electron chi connectivity index (χ3n) is 4.68. The van der Waals surface area contributed by atoms with Gasteiger partial charge in [-0.05, 0) is 49.0 Å². The van der Waals surface area contributed by atoms with E-state index in [1.165, 1.54) is 25.7 Å². The molecule has 1 N–H and O–H groups in total. The van der Waals surface area contributed by atoms with Gasteiger partial charge in [-0.1, -0.05) is 46.3 Å². The summed E-state index contributed by atoms with van der Waals surface area (Å²) in [6.45, 7) is 0.222. The molecule has 0 saturated heterocycles. The first-order chi connectivity index (χ1) is 11.2. The van der Waals surface area contributed by atoms with Crippen LogP contribution in [0.2, 0.25) is 0 Å². The zero-order chi connectivity index (χ0) is 16.2. The Bertz CT molecular complexity index is 543. The first-order valence-electron chi connectivity index (χ1n) is 8.25. The number of amides is 1. The van der Waals surface area contributed by atoms with E-state index >= 15 is 0 Å². The zero-order valence-electron chi connectivity index (χ0n) is 13.0. The Morgan fingerprint density at radius 2 is 1.74 bits per heavy atom. The Hall–Kier alpha value is -1.36. The number of carbonyl (C=O) groups excluding carboxylic acids is 2. The van der Waals surface area contributed by atoms with Crippen molar-refractivity contribution in [3.8, 4) is 0 Å². The maximum atomic E-state index is 12.3. The zero-order valence-corrected chi connectivity index (χ0v) is 14.6. The van der Waals surface area contributed by atoms with Gasteiger partial charge in [-0.2, -0.15) is 0 Å². The SMILES string of the molecule is O=C(NC(C(=O)CBr)C(C1CC1)C1CC1)OCc1ccccc1. The fourth-order valence-corrected chi connectivity index (χ4v) is 3.61. The van der Waals surface area contributed by atoms with Gasteiger partial charge in [0.1, 0.15) is 6.61 Å². The molecule has 2 aliphatic rings. The molecule has 5 heteroatoms. The van der Waals surface area contributed by atoms with Crippen LogP contribution in [0.5, 0.6) is 0 Å². The Balaban J connectivity index is 1.59. The largest absolute Gasteiger partial charge is 0.445 e. The third-order valence-corrected chi connectivity index (χ3v) is 5.23. The minimum atomic E-state index is -0.501. The molecule has 23 heavy (non-hydrogen) atoms. The molecule has 0 aliphatic heterocycles. The molecule has 2 aliphatic carbocycles. The predicted molar refractivity (Wildman–Crippen MR) is 91.3 cm³/mol. The average Bonchev–Trinajstić information content (AvgIpc) is 3.46. The molecule has 3 rings (SSSR count). The lowest BCUT2D eigenvalue weighted by Gasteiger charge is -2.26. The summed E-state index contributed by atoms with van der Waals surface area (Å²) in [7, 11) is 0. The number of halogens is 1. The van der Waals surface area contributed by atoms with E-state index in [1.54, 1.807) is 0 Å². The summed E-state index contributed by atoms with van der Waals surface area (Å²) in [5.41, 5.74) is 0.937. The van der Waals surface area contributed by atoms with Crippen molar-refractivity contribution in [3.05, 3.63) is 35.9 Å². The van der Waals surface area contributed by atoms with Gasteiger partial charge in [-0.3, -0.25) is 4.79 Å². The predicted octanol–water partition coefficient (Wildman–Crippen LogP) is 3.68. The highest BCUT2D eigenvalue weighted by molar-refractivity contribution is 9.09. The van der Waals surface area contributed by atoms with Crippen LogP contribution >= 0.6 is 15.9 Å². The summed E-state index contributed by atoms with van der Waals surface area (Å²) < 4.78 is 5.29. The fraction of sp³-hybridized carbons (Fsp3) is 0.556. The number of nitrogens with one attached hydrogen (secondary N) is 1. The minimum Gasteiger partial charge on any atom is -0.445 e. The van der Waals surface area contributed by atoms with Crippen molar-refractivity contribution in [1.82, 2.24) is 5.32 Å². The van der Waals surface area contributed by atoms with E-state index in [9.17, 15) is 9.59 Å². The first kappa shape index (κ1) is 16.5. The van der Waals surface area contributed by atoms with E-state index in [1.807, 2.05) is 30.3 Å². The Morgan fingerprint density at radius 3 is 2.26 bits per heavy atom. The molecule has 0 radical (unpaired) electrons. The Kier molecular flexibility index (Phi) is 5.36. The number of hydrogen-bond acceptors (Lipinski definition) is 3. The van der Waals surface area contributed by atoms with E-state index in [2.05, 4.69) is 21.2 Å². The second-order valence-electron chi connectivity index (χ2n) is 6.54. The number of carbonyl (C=O) groups is 2. The second kappa shape index (κ2) is 7.47. The van der Waals surface area contributed by atoms with Crippen molar-refractivity contribution < 1.29 is 14.3 Å². The van der Waals surface area contributed by atoms with E-state index in [0.717, 1.165) is 5.56 Å². The fourth-order valence-electron chi connectivity index (χ4n) is 3.26. The summed E-state index contributed by atoms with van der Waals surface area (Å²) in [4.78, 5) is 24.4. The number of ketones is 1. The van der Waals surface area contributed by atoms with E-state index in [0.29, 0.717) is 11.8 Å².